The van der Waals surface area contributed by atoms with Crippen LogP contribution in [-0.4, -0.2) is 73.6 Å². The van der Waals surface area contributed by atoms with Gasteiger partial charge in [-0.15, -0.1) is 0 Å². The third kappa shape index (κ3) is 3.98. The molecule has 9 atom stereocenters. The quantitative estimate of drug-likeness (QED) is 0.167. The van der Waals surface area contributed by atoms with Crippen molar-refractivity contribution in [3.8, 4) is 0 Å². The van der Waals surface area contributed by atoms with E-state index < -0.39 is 78.6 Å². The predicted octanol–water partition coefficient (Wildman–Crippen LogP) is 5.28. The average molecular weight is 639 g/mol. The van der Waals surface area contributed by atoms with Crippen LogP contribution < -0.4 is 0 Å². The summed E-state index contributed by atoms with van der Waals surface area (Å²) in [4.78, 5) is 41.0. The lowest BCUT2D eigenvalue weighted by Gasteiger charge is -2.68. The zero-order valence-electron chi connectivity index (χ0n) is 27.4. The molecule has 1 aromatic carbocycles. The SMILES string of the molecule is C=C(C)[C@@]12C[C@H](O[Si](CC)(CC)CC)C(C)=C1[C@]1(O)C(=O)O[C@@H]3C[C@H]4OC[C@@]4(OC(C)=O)[C@@H]([C@@H]2OC(=O)c2ccccc2)[C@@]31C. The number of carbonyl (C=O) groups is 3. The van der Waals surface area contributed by atoms with E-state index in [-0.39, 0.29) is 13.0 Å². The molecule has 45 heavy (non-hydrogen) atoms. The van der Waals surface area contributed by atoms with Gasteiger partial charge in [-0.1, -0.05) is 58.0 Å². The molecule has 1 aromatic rings. The minimum atomic E-state index is -2.19. The van der Waals surface area contributed by atoms with Crippen LogP contribution in [0.15, 0.2) is 53.6 Å². The Hall–Kier alpha value is -2.79. The summed E-state index contributed by atoms with van der Waals surface area (Å²) in [5.74, 6) is -2.70. The molecular formula is C35H46O9Si. The molecule has 0 spiro atoms. The van der Waals surface area contributed by atoms with Crippen LogP contribution in [0.5, 0.6) is 0 Å². The summed E-state index contributed by atoms with van der Waals surface area (Å²) in [6.45, 7) is 17.9. The first-order valence-corrected chi connectivity index (χ1v) is 18.8. The van der Waals surface area contributed by atoms with E-state index in [9.17, 15) is 19.5 Å². The summed E-state index contributed by atoms with van der Waals surface area (Å²) in [5, 5.41) is 13.1. The Morgan fingerprint density at radius 1 is 1.09 bits per heavy atom. The van der Waals surface area contributed by atoms with E-state index in [0.29, 0.717) is 23.1 Å². The van der Waals surface area contributed by atoms with Crippen molar-refractivity contribution in [2.75, 3.05) is 6.61 Å². The molecule has 2 aliphatic heterocycles. The minimum Gasteiger partial charge on any atom is -0.459 e. The number of fused-ring (bicyclic) bond motifs is 4. The van der Waals surface area contributed by atoms with Crippen LogP contribution in [0.2, 0.25) is 18.1 Å². The fourth-order valence-electron chi connectivity index (χ4n) is 9.70. The van der Waals surface area contributed by atoms with Gasteiger partial charge in [-0.2, -0.15) is 0 Å². The van der Waals surface area contributed by atoms with Crippen LogP contribution in [0.1, 0.15) is 71.7 Å². The van der Waals surface area contributed by atoms with Crippen LogP contribution in [0, 0.1) is 16.7 Å². The van der Waals surface area contributed by atoms with Crippen LogP contribution in [0.25, 0.3) is 0 Å². The number of rotatable bonds is 9. The lowest BCUT2D eigenvalue weighted by Crippen LogP contribution is -2.82. The maximum Gasteiger partial charge on any atom is 0.343 e. The Balaban J connectivity index is 1.63. The zero-order chi connectivity index (χ0) is 32.7. The second-order valence-corrected chi connectivity index (χ2v) is 18.7. The van der Waals surface area contributed by atoms with Crippen molar-refractivity contribution in [3.05, 3.63) is 59.2 Å². The third-order valence-corrected chi connectivity index (χ3v) is 16.9. The lowest BCUT2D eigenvalue weighted by atomic mass is 9.40. The largest absolute Gasteiger partial charge is 0.459 e. The normalized spacial score (nSPS) is 39.6. The van der Waals surface area contributed by atoms with Crippen molar-refractivity contribution >= 4 is 26.2 Å². The molecule has 0 unspecified atom stereocenters. The van der Waals surface area contributed by atoms with Crippen molar-refractivity contribution in [1.29, 1.82) is 0 Å². The average Bonchev–Trinajstić information content (AvgIpc) is 3.41. The maximum atomic E-state index is 14.2. The van der Waals surface area contributed by atoms with Crippen molar-refractivity contribution in [2.45, 2.75) is 115 Å². The minimum absolute atomic E-state index is 0.0373. The molecule has 1 N–H and O–H groups in total. The Kier molecular flexibility index (Phi) is 7.59. The van der Waals surface area contributed by atoms with Gasteiger partial charge in [-0.05, 0) is 61.7 Å². The monoisotopic (exact) mass is 638 g/mol. The maximum absolute atomic E-state index is 14.2. The van der Waals surface area contributed by atoms with Crippen molar-refractivity contribution in [2.24, 2.45) is 16.7 Å². The zero-order valence-corrected chi connectivity index (χ0v) is 28.4. The van der Waals surface area contributed by atoms with Crippen molar-refractivity contribution < 1.29 is 42.9 Å². The Morgan fingerprint density at radius 3 is 2.27 bits per heavy atom. The van der Waals surface area contributed by atoms with Gasteiger partial charge >= 0.3 is 17.9 Å². The van der Waals surface area contributed by atoms with E-state index in [0.717, 1.165) is 23.7 Å². The Labute approximate surface area is 266 Å². The second kappa shape index (κ2) is 10.6. The summed E-state index contributed by atoms with van der Waals surface area (Å²) < 4.78 is 32.0. The third-order valence-electron chi connectivity index (χ3n) is 12.3. The fourth-order valence-corrected chi connectivity index (χ4v) is 12.6. The number of benzene rings is 1. The first-order chi connectivity index (χ1) is 21.2. The van der Waals surface area contributed by atoms with Gasteiger partial charge in [0, 0.05) is 13.3 Å². The number of carbonyl (C=O) groups excluding carboxylic acids is 3. The molecule has 5 aliphatic rings. The molecule has 6 rings (SSSR count). The van der Waals surface area contributed by atoms with Gasteiger partial charge in [-0.25, -0.2) is 9.59 Å². The standard InChI is InChI=1S/C35H46O9Si/c1-9-45(10-2,11-3)44-24-18-33(20(4)5)27(21(24)6)35(39)31(38)41-25-17-26-34(19-40-26,43-22(7)36)28(32(25,35)8)29(33)42-30(37)23-15-13-12-14-16-23/h12-16,24-26,28-29,39H,4,9-11,17-19H2,1-3,5-8H3/t24-,25+,26+,28-,29-,32+,33-,34-,35-/m0/s1. The first-order valence-electron chi connectivity index (χ1n) is 16.3. The molecule has 0 bridgehead atoms. The molecular weight excluding hydrogens is 592 g/mol. The van der Waals surface area contributed by atoms with Gasteiger partial charge in [0.2, 0.25) is 0 Å². The highest BCUT2D eigenvalue weighted by atomic mass is 28.4. The number of esters is 3. The molecule has 0 amide bonds. The highest BCUT2D eigenvalue weighted by Gasteiger charge is 2.87. The van der Waals surface area contributed by atoms with Gasteiger partial charge in [0.25, 0.3) is 0 Å². The van der Waals surface area contributed by atoms with Gasteiger partial charge < -0.3 is 28.5 Å². The first kappa shape index (κ1) is 32.2. The summed E-state index contributed by atoms with van der Waals surface area (Å²) in [6.07, 6.45) is -2.27. The fraction of sp³-hybridized carbons (Fsp3) is 0.629. The number of aliphatic hydroxyl groups is 1. The van der Waals surface area contributed by atoms with Crippen molar-refractivity contribution in [3.63, 3.8) is 0 Å². The summed E-state index contributed by atoms with van der Waals surface area (Å²) >= 11 is 0. The Bertz CT molecular complexity index is 1460. The molecule has 0 radical (unpaired) electrons. The number of hydrogen-bond donors (Lipinski definition) is 1. The molecule has 4 fully saturated rings. The molecule has 3 aliphatic carbocycles. The van der Waals surface area contributed by atoms with Crippen LogP contribution in [-0.2, 0) is 33.0 Å². The molecule has 10 heteroatoms. The van der Waals surface area contributed by atoms with E-state index in [1.807, 2.05) is 26.8 Å². The highest BCUT2D eigenvalue weighted by Crippen LogP contribution is 2.75. The summed E-state index contributed by atoms with van der Waals surface area (Å²) in [7, 11) is -2.19. The lowest BCUT2D eigenvalue weighted by molar-refractivity contribution is -0.348. The molecule has 244 valence electrons. The Morgan fingerprint density at radius 2 is 1.73 bits per heavy atom. The van der Waals surface area contributed by atoms with E-state index in [2.05, 4.69) is 27.4 Å². The second-order valence-electron chi connectivity index (χ2n) is 14.0. The van der Waals surface area contributed by atoms with E-state index >= 15 is 0 Å². The van der Waals surface area contributed by atoms with Crippen LogP contribution >= 0.6 is 0 Å². The molecule has 2 heterocycles. The molecule has 9 nitrogen and oxygen atoms in total. The molecule has 2 saturated heterocycles. The van der Waals surface area contributed by atoms with Crippen LogP contribution in [0.3, 0.4) is 0 Å². The molecule has 2 saturated carbocycles. The summed E-state index contributed by atoms with van der Waals surface area (Å²) in [6, 6.07) is 11.5. The van der Waals surface area contributed by atoms with E-state index in [1.165, 1.54) is 6.92 Å². The van der Waals surface area contributed by atoms with Crippen molar-refractivity contribution in [1.82, 2.24) is 0 Å². The van der Waals surface area contributed by atoms with Gasteiger partial charge in [-0.3, -0.25) is 4.79 Å². The van der Waals surface area contributed by atoms with E-state index in [1.54, 1.807) is 24.3 Å². The molecule has 0 aromatic heterocycles. The van der Waals surface area contributed by atoms with E-state index in [4.69, 9.17) is 23.4 Å². The van der Waals surface area contributed by atoms with Gasteiger partial charge in [0.1, 0.15) is 18.3 Å². The number of ether oxygens (including phenoxy) is 4. The van der Waals surface area contributed by atoms with Crippen LogP contribution in [0.4, 0.5) is 0 Å². The van der Waals surface area contributed by atoms with Gasteiger partial charge in [0.05, 0.1) is 35.0 Å². The summed E-state index contributed by atoms with van der Waals surface area (Å²) in [5.41, 5.74) is -3.74. The topological polar surface area (TPSA) is 118 Å². The number of hydrogen-bond acceptors (Lipinski definition) is 9. The predicted molar refractivity (Wildman–Crippen MR) is 168 cm³/mol. The highest BCUT2D eigenvalue weighted by molar-refractivity contribution is 6.73. The van der Waals surface area contributed by atoms with Gasteiger partial charge in [0.15, 0.2) is 19.5 Å². The smallest absolute Gasteiger partial charge is 0.343 e.